The molecule has 3 aromatic carbocycles. The molecule has 1 aliphatic heterocycles. The molecule has 2 fully saturated rings. The van der Waals surface area contributed by atoms with Gasteiger partial charge in [0.15, 0.2) is 12.1 Å². The van der Waals surface area contributed by atoms with Gasteiger partial charge in [0.1, 0.15) is 5.82 Å². The van der Waals surface area contributed by atoms with Crippen LogP contribution in [0.15, 0.2) is 72.8 Å². The van der Waals surface area contributed by atoms with E-state index in [0.29, 0.717) is 21.8 Å². The van der Waals surface area contributed by atoms with E-state index in [9.17, 15) is 18.8 Å². The van der Waals surface area contributed by atoms with E-state index in [1.165, 1.54) is 29.2 Å². The number of halogens is 2. The summed E-state index contributed by atoms with van der Waals surface area (Å²) in [7, 11) is 0. The highest BCUT2D eigenvalue weighted by atomic mass is 35.5. The minimum atomic E-state index is -0.903. The molecule has 3 aromatic rings. The summed E-state index contributed by atoms with van der Waals surface area (Å²) < 4.78 is 18.9. The van der Waals surface area contributed by atoms with Gasteiger partial charge in [-0.05, 0) is 72.5 Å². The Balaban J connectivity index is 1.40. The molecule has 2 N–H and O–H groups in total. The van der Waals surface area contributed by atoms with Crippen LogP contribution in [0.4, 0.5) is 14.9 Å². The second-order valence-electron chi connectivity index (χ2n) is 8.88. The fourth-order valence-electron chi connectivity index (χ4n) is 4.15. The summed E-state index contributed by atoms with van der Waals surface area (Å²) in [6.07, 6.45) is 0.309. The molecule has 36 heavy (non-hydrogen) atoms. The zero-order valence-electron chi connectivity index (χ0n) is 19.1. The smallest absolute Gasteiger partial charge is 0.411 e. The van der Waals surface area contributed by atoms with Crippen LogP contribution in [0.3, 0.4) is 0 Å². The Hall–Kier alpha value is -3.91. The van der Waals surface area contributed by atoms with E-state index in [2.05, 4.69) is 10.6 Å². The Kier molecular flexibility index (Phi) is 6.61. The summed E-state index contributed by atoms with van der Waals surface area (Å²) in [5.74, 6) is -1.15. The Morgan fingerprint density at radius 3 is 2.50 bits per heavy atom. The van der Waals surface area contributed by atoms with Crippen molar-refractivity contribution in [2.24, 2.45) is 0 Å². The van der Waals surface area contributed by atoms with Crippen molar-refractivity contribution < 1.29 is 23.5 Å². The first-order valence-electron chi connectivity index (χ1n) is 11.6. The van der Waals surface area contributed by atoms with Gasteiger partial charge >= 0.3 is 6.09 Å². The maximum Gasteiger partial charge on any atom is 0.411 e. The summed E-state index contributed by atoms with van der Waals surface area (Å²) in [6, 6.07) is 18.3. The summed E-state index contributed by atoms with van der Waals surface area (Å²) in [5.41, 5.74) is 2.07. The largest absolute Gasteiger partial charge is 0.438 e. The van der Waals surface area contributed by atoms with Gasteiger partial charge in [-0.3, -0.25) is 14.5 Å². The van der Waals surface area contributed by atoms with Crippen LogP contribution in [0.25, 0.3) is 0 Å². The molecule has 1 saturated carbocycles. The van der Waals surface area contributed by atoms with E-state index in [4.69, 9.17) is 16.3 Å². The van der Waals surface area contributed by atoms with Crippen molar-refractivity contribution in [3.8, 4) is 0 Å². The van der Waals surface area contributed by atoms with Gasteiger partial charge in [0, 0.05) is 22.3 Å². The van der Waals surface area contributed by atoms with E-state index < -0.39 is 30.0 Å². The molecule has 0 spiro atoms. The molecule has 0 aromatic heterocycles. The van der Waals surface area contributed by atoms with Gasteiger partial charge in [-0.15, -0.1) is 0 Å². The molecule has 184 valence electrons. The van der Waals surface area contributed by atoms with Crippen molar-refractivity contribution in [1.82, 2.24) is 10.2 Å². The molecule has 3 amide bonds. The number of hydrogen-bond acceptors (Lipinski definition) is 4. The van der Waals surface area contributed by atoms with E-state index in [-0.39, 0.29) is 18.5 Å². The van der Waals surface area contributed by atoms with Crippen LogP contribution in [-0.4, -0.2) is 34.9 Å². The quantitative estimate of drug-likeness (QED) is 0.467. The molecule has 9 heteroatoms. The number of carbonyl (C=O) groups excluding carboxylic acids is 3. The van der Waals surface area contributed by atoms with Gasteiger partial charge in [0.05, 0.1) is 6.54 Å². The molecule has 1 heterocycles. The van der Waals surface area contributed by atoms with Gasteiger partial charge < -0.3 is 15.4 Å². The van der Waals surface area contributed by atoms with Crippen LogP contribution in [0, 0.1) is 5.82 Å². The lowest BCUT2D eigenvalue weighted by molar-refractivity contribution is -0.126. The molecule has 2 aliphatic rings. The number of rotatable bonds is 7. The van der Waals surface area contributed by atoms with Gasteiger partial charge in [0.25, 0.3) is 5.91 Å². The second-order valence-corrected chi connectivity index (χ2v) is 9.31. The van der Waals surface area contributed by atoms with E-state index >= 15 is 0 Å². The van der Waals surface area contributed by atoms with Crippen LogP contribution in [0.2, 0.25) is 5.02 Å². The maximum absolute atomic E-state index is 13.3. The van der Waals surface area contributed by atoms with Crippen molar-refractivity contribution in [2.75, 3.05) is 5.32 Å². The van der Waals surface area contributed by atoms with Gasteiger partial charge in [-0.1, -0.05) is 35.9 Å². The predicted octanol–water partition coefficient (Wildman–Crippen LogP) is 5.07. The van der Waals surface area contributed by atoms with Crippen LogP contribution < -0.4 is 10.6 Å². The fourth-order valence-corrected chi connectivity index (χ4v) is 4.37. The van der Waals surface area contributed by atoms with Crippen LogP contribution in [-0.2, 0) is 16.1 Å². The number of nitrogens with zero attached hydrogens (tertiary/aromatic N) is 1. The molecule has 1 aliphatic carbocycles. The third kappa shape index (κ3) is 5.33. The van der Waals surface area contributed by atoms with Gasteiger partial charge in [-0.2, -0.15) is 0 Å². The Bertz CT molecular complexity index is 1310. The molecule has 0 radical (unpaired) electrons. The topological polar surface area (TPSA) is 87.7 Å². The summed E-state index contributed by atoms with van der Waals surface area (Å²) in [4.78, 5) is 40.2. The van der Waals surface area contributed by atoms with Gasteiger partial charge in [0.2, 0.25) is 5.91 Å². The predicted molar refractivity (Wildman–Crippen MR) is 132 cm³/mol. The Morgan fingerprint density at radius 1 is 1.03 bits per heavy atom. The normalized spacial score (nSPS) is 19.1. The average Bonchev–Trinajstić information content (AvgIpc) is 3.61. The zero-order chi connectivity index (χ0) is 25.2. The second kappa shape index (κ2) is 9.99. The first-order chi connectivity index (χ1) is 17.4. The summed E-state index contributed by atoms with van der Waals surface area (Å²) >= 11 is 6.11. The van der Waals surface area contributed by atoms with E-state index in [1.807, 2.05) is 6.07 Å². The summed E-state index contributed by atoms with van der Waals surface area (Å²) in [6.45, 7) is 0.152. The molecule has 2 atom stereocenters. The highest BCUT2D eigenvalue weighted by Gasteiger charge is 2.48. The monoisotopic (exact) mass is 507 g/mol. The molecule has 0 bridgehead atoms. The fraction of sp³-hybridized carbons (Fsp3) is 0.222. The first-order valence-corrected chi connectivity index (χ1v) is 11.9. The number of nitrogens with one attached hydrogen (secondary N) is 2. The number of benzene rings is 3. The SMILES string of the molecule is O=C(Nc1cccc([C@H]2OC(=O)N(Cc3cccc(Cl)c3)[C@H]2C(=O)NC2CC2)c1)c1ccc(F)cc1. The van der Waals surface area contributed by atoms with Crippen LogP contribution in [0.1, 0.15) is 40.4 Å². The number of anilines is 1. The number of carbonyl (C=O) groups is 3. The molecular weight excluding hydrogens is 485 g/mol. The molecule has 5 rings (SSSR count). The molecule has 7 nitrogen and oxygen atoms in total. The van der Waals surface area contributed by atoms with E-state index in [0.717, 1.165) is 18.4 Å². The first kappa shape index (κ1) is 23.8. The average molecular weight is 508 g/mol. The third-order valence-corrected chi connectivity index (χ3v) is 6.33. The number of ether oxygens (including phenoxy) is 1. The summed E-state index contributed by atoms with van der Waals surface area (Å²) in [5, 5.41) is 6.27. The van der Waals surface area contributed by atoms with Crippen LogP contribution in [0.5, 0.6) is 0 Å². The minimum Gasteiger partial charge on any atom is -0.438 e. The van der Waals surface area contributed by atoms with Crippen molar-refractivity contribution in [3.05, 3.63) is 100 Å². The van der Waals surface area contributed by atoms with Crippen LogP contribution >= 0.6 is 11.6 Å². The standard InChI is InChI=1S/C27H23ClFN3O4/c28-19-5-1-3-16(13-19)15-32-23(26(34)30-21-11-12-21)24(36-27(32)35)18-4-2-6-22(14-18)31-25(33)17-7-9-20(29)10-8-17/h1-10,13-14,21,23-24H,11-12,15H2,(H,30,34)(H,31,33)/t23-,24-/m1/s1. The molecule has 1 saturated heterocycles. The number of amides is 3. The zero-order valence-corrected chi connectivity index (χ0v) is 19.9. The lowest BCUT2D eigenvalue weighted by Crippen LogP contribution is -2.46. The minimum absolute atomic E-state index is 0.100. The molecule has 0 unspecified atom stereocenters. The van der Waals surface area contributed by atoms with E-state index in [1.54, 1.807) is 42.5 Å². The maximum atomic E-state index is 13.3. The van der Waals surface area contributed by atoms with Crippen molar-refractivity contribution in [2.45, 2.75) is 37.6 Å². The Labute approximate surface area is 212 Å². The number of cyclic esters (lactones) is 1. The van der Waals surface area contributed by atoms with Crippen molar-refractivity contribution in [3.63, 3.8) is 0 Å². The van der Waals surface area contributed by atoms with Crippen molar-refractivity contribution >= 4 is 35.2 Å². The van der Waals surface area contributed by atoms with Gasteiger partial charge in [-0.25, -0.2) is 9.18 Å². The highest BCUT2D eigenvalue weighted by Crippen LogP contribution is 2.36. The third-order valence-electron chi connectivity index (χ3n) is 6.10. The van der Waals surface area contributed by atoms with Crippen molar-refractivity contribution in [1.29, 1.82) is 0 Å². The lowest BCUT2D eigenvalue weighted by Gasteiger charge is -2.24. The highest BCUT2D eigenvalue weighted by molar-refractivity contribution is 6.30. The molecular formula is C27H23ClFN3O4. The lowest BCUT2D eigenvalue weighted by atomic mass is 10.00. The Morgan fingerprint density at radius 2 is 1.78 bits per heavy atom. The number of hydrogen-bond donors (Lipinski definition) is 2.